The fourth-order valence-electron chi connectivity index (χ4n) is 3.28. The second-order valence-electron chi connectivity index (χ2n) is 6.72. The Kier molecular flexibility index (Phi) is 5.96. The molecule has 0 spiro atoms. The molecule has 3 rings (SSSR count). The standard InChI is InChI=1S/C22H26O4/c1-4-7-19-21(24-17-10-5-8-15(2)12-17)22(20(14-23)26-19)25-18-11-6-9-16(3)13-18/h4-6,8-13,19-23H,1,7,14H2,2-3H3. The third-order valence-electron chi connectivity index (χ3n) is 4.51. The van der Waals surface area contributed by atoms with Gasteiger partial charge in [0.2, 0.25) is 0 Å². The molecule has 0 amide bonds. The van der Waals surface area contributed by atoms with Crippen LogP contribution in [-0.2, 0) is 4.74 Å². The molecule has 0 aromatic heterocycles. The van der Waals surface area contributed by atoms with Gasteiger partial charge in [0.25, 0.3) is 0 Å². The van der Waals surface area contributed by atoms with E-state index in [-0.39, 0.29) is 18.8 Å². The van der Waals surface area contributed by atoms with Crippen LogP contribution < -0.4 is 9.47 Å². The van der Waals surface area contributed by atoms with Gasteiger partial charge >= 0.3 is 0 Å². The number of aliphatic hydroxyl groups is 1. The smallest absolute Gasteiger partial charge is 0.166 e. The van der Waals surface area contributed by atoms with E-state index in [0.29, 0.717) is 6.42 Å². The van der Waals surface area contributed by atoms with Crippen LogP contribution in [0, 0.1) is 13.8 Å². The Morgan fingerprint density at radius 2 is 1.50 bits per heavy atom. The molecule has 2 aromatic rings. The number of ether oxygens (including phenoxy) is 3. The Balaban J connectivity index is 1.86. The maximum Gasteiger partial charge on any atom is 0.166 e. The molecule has 4 atom stereocenters. The van der Waals surface area contributed by atoms with Crippen LogP contribution >= 0.6 is 0 Å². The van der Waals surface area contributed by atoms with E-state index in [0.717, 1.165) is 22.6 Å². The first-order chi connectivity index (χ1) is 12.6. The molecular weight excluding hydrogens is 328 g/mol. The molecule has 1 fully saturated rings. The minimum atomic E-state index is -0.449. The average molecular weight is 354 g/mol. The van der Waals surface area contributed by atoms with Gasteiger partial charge in [0.15, 0.2) is 12.2 Å². The molecule has 4 heteroatoms. The van der Waals surface area contributed by atoms with Gasteiger partial charge in [-0.05, 0) is 55.7 Å². The Morgan fingerprint density at radius 3 is 1.96 bits per heavy atom. The first-order valence-corrected chi connectivity index (χ1v) is 8.94. The summed E-state index contributed by atoms with van der Waals surface area (Å²) in [4.78, 5) is 0. The van der Waals surface area contributed by atoms with Crippen LogP contribution in [0.4, 0.5) is 0 Å². The Bertz CT molecular complexity index is 742. The lowest BCUT2D eigenvalue weighted by molar-refractivity contribution is -0.0158. The summed E-state index contributed by atoms with van der Waals surface area (Å²) in [5, 5.41) is 9.80. The van der Waals surface area contributed by atoms with Gasteiger partial charge < -0.3 is 19.3 Å². The molecular formula is C22H26O4. The molecule has 1 saturated heterocycles. The first-order valence-electron chi connectivity index (χ1n) is 8.94. The lowest BCUT2D eigenvalue weighted by Gasteiger charge is -2.26. The van der Waals surface area contributed by atoms with Gasteiger partial charge in [0, 0.05) is 0 Å². The summed E-state index contributed by atoms with van der Waals surface area (Å²) < 4.78 is 18.5. The van der Waals surface area contributed by atoms with E-state index in [2.05, 4.69) is 6.58 Å². The van der Waals surface area contributed by atoms with Gasteiger partial charge in [-0.3, -0.25) is 0 Å². The van der Waals surface area contributed by atoms with E-state index < -0.39 is 12.2 Å². The van der Waals surface area contributed by atoms with Gasteiger partial charge in [-0.2, -0.15) is 0 Å². The number of aliphatic hydroxyl groups excluding tert-OH is 1. The fraction of sp³-hybridized carbons (Fsp3) is 0.364. The normalized spacial score (nSPS) is 25.0. The van der Waals surface area contributed by atoms with Crippen LogP contribution in [-0.4, -0.2) is 36.1 Å². The minimum absolute atomic E-state index is 0.127. The van der Waals surface area contributed by atoms with E-state index >= 15 is 0 Å². The van der Waals surface area contributed by atoms with Crippen molar-refractivity contribution in [3.05, 3.63) is 72.3 Å². The largest absolute Gasteiger partial charge is 0.484 e. The second-order valence-corrected chi connectivity index (χ2v) is 6.72. The Morgan fingerprint density at radius 1 is 0.962 bits per heavy atom. The van der Waals surface area contributed by atoms with Crippen molar-refractivity contribution in [1.29, 1.82) is 0 Å². The summed E-state index contributed by atoms with van der Waals surface area (Å²) in [5.41, 5.74) is 2.23. The van der Waals surface area contributed by atoms with Gasteiger partial charge in [0.05, 0.1) is 6.61 Å². The maximum atomic E-state index is 9.80. The lowest BCUT2D eigenvalue weighted by Crippen LogP contribution is -2.42. The molecule has 2 aromatic carbocycles. The minimum Gasteiger partial charge on any atom is -0.484 e. The van der Waals surface area contributed by atoms with Crippen molar-refractivity contribution < 1.29 is 19.3 Å². The molecule has 1 heterocycles. The third kappa shape index (κ3) is 4.26. The molecule has 0 saturated carbocycles. The molecule has 0 radical (unpaired) electrons. The van der Waals surface area contributed by atoms with E-state index in [9.17, 15) is 5.11 Å². The molecule has 1 aliphatic rings. The Labute approximate surface area is 155 Å². The summed E-state index contributed by atoms with van der Waals surface area (Å²) in [7, 11) is 0. The summed E-state index contributed by atoms with van der Waals surface area (Å²) in [5.74, 6) is 1.51. The number of hydrogen-bond acceptors (Lipinski definition) is 4. The van der Waals surface area contributed by atoms with Crippen molar-refractivity contribution in [2.24, 2.45) is 0 Å². The van der Waals surface area contributed by atoms with Crippen molar-refractivity contribution in [2.45, 2.75) is 44.7 Å². The number of rotatable bonds is 7. The predicted molar refractivity (Wildman–Crippen MR) is 102 cm³/mol. The molecule has 26 heavy (non-hydrogen) atoms. The number of benzene rings is 2. The van der Waals surface area contributed by atoms with Gasteiger partial charge in [-0.15, -0.1) is 6.58 Å². The first kappa shape index (κ1) is 18.5. The van der Waals surface area contributed by atoms with Gasteiger partial charge in [0.1, 0.15) is 23.7 Å². The molecule has 1 N–H and O–H groups in total. The Hall–Kier alpha value is -2.30. The van der Waals surface area contributed by atoms with E-state index in [1.807, 2.05) is 62.4 Å². The van der Waals surface area contributed by atoms with Crippen molar-refractivity contribution in [2.75, 3.05) is 6.61 Å². The fourth-order valence-corrected chi connectivity index (χ4v) is 3.28. The van der Waals surface area contributed by atoms with Crippen LogP contribution in [0.25, 0.3) is 0 Å². The summed E-state index contributed by atoms with van der Waals surface area (Å²) in [6, 6.07) is 15.7. The second kappa shape index (κ2) is 8.39. The highest BCUT2D eigenvalue weighted by atomic mass is 16.6. The predicted octanol–water partition coefficient (Wildman–Crippen LogP) is 3.83. The van der Waals surface area contributed by atoms with Crippen LogP contribution in [0.2, 0.25) is 0 Å². The molecule has 1 aliphatic heterocycles. The molecule has 4 unspecified atom stereocenters. The van der Waals surface area contributed by atoms with Crippen molar-refractivity contribution >= 4 is 0 Å². The zero-order valence-electron chi connectivity index (χ0n) is 15.3. The van der Waals surface area contributed by atoms with Crippen molar-refractivity contribution in [3.63, 3.8) is 0 Å². The molecule has 0 aliphatic carbocycles. The molecule has 0 bridgehead atoms. The van der Waals surface area contributed by atoms with Gasteiger partial charge in [-0.25, -0.2) is 0 Å². The van der Waals surface area contributed by atoms with E-state index in [1.54, 1.807) is 6.08 Å². The molecule has 138 valence electrons. The van der Waals surface area contributed by atoms with Crippen molar-refractivity contribution in [1.82, 2.24) is 0 Å². The van der Waals surface area contributed by atoms with Crippen molar-refractivity contribution in [3.8, 4) is 11.5 Å². The van der Waals surface area contributed by atoms with Crippen LogP contribution in [0.3, 0.4) is 0 Å². The summed E-state index contributed by atoms with van der Waals surface area (Å²) in [6.45, 7) is 7.73. The quantitative estimate of drug-likeness (QED) is 0.768. The van der Waals surface area contributed by atoms with E-state index in [1.165, 1.54) is 0 Å². The summed E-state index contributed by atoms with van der Waals surface area (Å²) >= 11 is 0. The van der Waals surface area contributed by atoms with Crippen LogP contribution in [0.1, 0.15) is 17.5 Å². The van der Waals surface area contributed by atoms with Crippen LogP contribution in [0.15, 0.2) is 61.2 Å². The van der Waals surface area contributed by atoms with Crippen LogP contribution in [0.5, 0.6) is 11.5 Å². The van der Waals surface area contributed by atoms with E-state index in [4.69, 9.17) is 14.2 Å². The third-order valence-corrected chi connectivity index (χ3v) is 4.51. The zero-order chi connectivity index (χ0) is 18.5. The number of hydrogen-bond donors (Lipinski definition) is 1. The summed E-state index contributed by atoms with van der Waals surface area (Å²) in [6.07, 6.45) is 1.01. The lowest BCUT2D eigenvalue weighted by atomic mass is 10.0. The molecule has 4 nitrogen and oxygen atoms in total. The van der Waals surface area contributed by atoms with Gasteiger partial charge in [-0.1, -0.05) is 30.3 Å². The monoisotopic (exact) mass is 354 g/mol. The highest BCUT2D eigenvalue weighted by Gasteiger charge is 2.47. The maximum absolute atomic E-state index is 9.80. The zero-order valence-corrected chi connectivity index (χ0v) is 15.3. The highest BCUT2D eigenvalue weighted by Crippen LogP contribution is 2.31. The number of aryl methyl sites for hydroxylation is 2. The average Bonchev–Trinajstić information content (AvgIpc) is 2.92. The SMILES string of the molecule is C=CCC1OC(CO)C(Oc2cccc(C)c2)C1Oc1cccc(C)c1. The topological polar surface area (TPSA) is 47.9 Å². The highest BCUT2D eigenvalue weighted by molar-refractivity contribution is 5.30.